The molecule has 17 heteroatoms. The Morgan fingerprint density at radius 3 is 1.82 bits per heavy atom. The second-order valence-electron chi connectivity index (χ2n) is 17.8. The summed E-state index contributed by atoms with van der Waals surface area (Å²) >= 11 is 0. The zero-order valence-electron chi connectivity index (χ0n) is 38.1. The Morgan fingerprint density at radius 1 is 0.662 bits per heavy atom. The first-order valence-electron chi connectivity index (χ1n) is 22.6. The van der Waals surface area contributed by atoms with Crippen LogP contribution in [0, 0.1) is 17.8 Å². The molecule has 2 fully saturated rings. The normalized spacial score (nSPS) is 42.1. The number of carbonyl (C=O) groups excluding carboxylic acids is 2. The molecule has 0 unspecified atom stereocenters. The average Bonchev–Trinajstić information content (AvgIpc) is 3.21. The molecule has 3 heterocycles. The highest BCUT2D eigenvalue weighted by Gasteiger charge is 2.50. The minimum atomic E-state index is -2.21. The van der Waals surface area contributed by atoms with Gasteiger partial charge in [0.25, 0.3) is 0 Å². The minimum absolute atomic E-state index is 0.0835. The Bertz CT molecular complexity index is 1660. The van der Waals surface area contributed by atoms with E-state index in [1.165, 1.54) is 6.92 Å². The first-order valence-corrected chi connectivity index (χ1v) is 22.6. The van der Waals surface area contributed by atoms with Crippen LogP contribution in [0.5, 0.6) is 0 Å². The fraction of sp³-hybridized carbons (Fsp3) is 0.667. The van der Waals surface area contributed by atoms with Crippen molar-refractivity contribution in [3.8, 4) is 0 Å². The molecule has 3 rings (SSSR count). The van der Waals surface area contributed by atoms with Crippen LogP contribution in [-0.4, -0.2) is 160 Å². The van der Waals surface area contributed by atoms with E-state index >= 15 is 0 Å². The van der Waals surface area contributed by atoms with E-state index in [4.69, 9.17) is 24.7 Å². The van der Waals surface area contributed by atoms with Gasteiger partial charge in [0.2, 0.25) is 0 Å². The third kappa shape index (κ3) is 18.8. The fourth-order valence-electron chi connectivity index (χ4n) is 8.18. The van der Waals surface area contributed by atoms with Gasteiger partial charge in [-0.25, -0.2) is 0 Å². The average molecular weight is 922 g/mol. The highest BCUT2D eigenvalue weighted by atomic mass is 16.7. The van der Waals surface area contributed by atoms with E-state index in [1.807, 2.05) is 49.5 Å². The second kappa shape index (κ2) is 27.5. The molecule has 0 aromatic rings. The van der Waals surface area contributed by atoms with Crippen LogP contribution in [0.1, 0.15) is 86.0 Å². The minimum Gasteiger partial charge on any atom is -0.462 e. The van der Waals surface area contributed by atoms with Crippen LogP contribution >= 0.6 is 0 Å². The SMILES string of the molecule is CC(=O)[C@H]1[C@@H]2C[C@@H](O[C@@H]3O[C@H](C)[C@@H](O)[C@H](N)[C@@H]3O)C=CC=CC=CC=CC=CC=CC=C[C@H](C)[C@@H](O)[C@@H](C)[C@H](C)OC(=O)C[C@H](O)C[C@H](O)CC[C@@H](O)[C@H](O)C[C@H](O)C[C@](O)(C[C@@H]1O)O2. The molecule has 0 saturated carbocycles. The van der Waals surface area contributed by atoms with E-state index in [1.54, 1.807) is 63.3 Å². The van der Waals surface area contributed by atoms with Crippen LogP contribution in [0.15, 0.2) is 85.1 Å². The number of Topliss-reactive ketones (excluding diaryl/α,β-unsaturated/α-hetero) is 1. The standard InChI is InChI=1S/C48H75NO16/c1-28-18-16-14-12-10-8-6-7-9-11-13-15-17-19-36(64-47-46(60)43(49)45(59)32(5)63-47)25-40-42(30(3)50)39(56)27-48(61,65-40)26-35(53)23-38(55)37(54)21-20-33(51)22-34(52)24-41(57)62-31(4)29(2)44(28)58/h6-19,28-29,31-40,42-47,51-56,58-61H,20-27,49H2,1-5H3/t28-,29-,31-,32+,33+,34+,35-,36-,37+,38+,39-,40-,42+,43-,44+,45+,46-,47-,48+/m0/s1. The number of ether oxygens (including phenoxy) is 4. The highest BCUT2D eigenvalue weighted by Crippen LogP contribution is 2.38. The molecular weight excluding hydrogens is 847 g/mol. The number of rotatable bonds is 3. The van der Waals surface area contributed by atoms with Gasteiger partial charge in [-0.15, -0.1) is 0 Å². The number of ketones is 1. The number of hydrogen-bond acceptors (Lipinski definition) is 17. The lowest BCUT2D eigenvalue weighted by Gasteiger charge is -2.46. The van der Waals surface area contributed by atoms with Crippen molar-refractivity contribution in [1.29, 1.82) is 0 Å². The largest absolute Gasteiger partial charge is 0.462 e. The Labute approximate surface area is 382 Å². The first-order chi connectivity index (χ1) is 30.6. The summed E-state index contributed by atoms with van der Waals surface area (Å²) in [5, 5.41) is 108. The summed E-state index contributed by atoms with van der Waals surface area (Å²) in [7, 11) is 0. The summed E-state index contributed by atoms with van der Waals surface area (Å²) in [4.78, 5) is 25.5. The Hall–Kier alpha value is -3.24. The van der Waals surface area contributed by atoms with Gasteiger partial charge in [-0.05, 0) is 40.0 Å². The van der Waals surface area contributed by atoms with Crippen molar-refractivity contribution < 1.29 is 79.6 Å². The number of aliphatic hydroxyl groups is 10. The molecule has 2 bridgehead atoms. The maximum atomic E-state index is 12.9. The molecule has 3 aliphatic rings. The van der Waals surface area contributed by atoms with Crippen molar-refractivity contribution in [3.05, 3.63) is 85.1 Å². The molecule has 3 aliphatic heterocycles. The summed E-state index contributed by atoms with van der Waals surface area (Å²) in [5.41, 5.74) is 6.05. The van der Waals surface area contributed by atoms with Crippen molar-refractivity contribution in [1.82, 2.24) is 0 Å². The third-order valence-corrected chi connectivity index (χ3v) is 12.2. The molecule has 17 nitrogen and oxygen atoms in total. The van der Waals surface area contributed by atoms with Crippen LogP contribution in [0.4, 0.5) is 0 Å². The van der Waals surface area contributed by atoms with Gasteiger partial charge >= 0.3 is 5.97 Å². The molecule has 65 heavy (non-hydrogen) atoms. The molecule has 19 atom stereocenters. The molecule has 0 aromatic carbocycles. The van der Waals surface area contributed by atoms with E-state index in [9.17, 15) is 60.7 Å². The van der Waals surface area contributed by atoms with Gasteiger partial charge in [0.05, 0.1) is 85.5 Å². The van der Waals surface area contributed by atoms with Crippen molar-refractivity contribution in [2.45, 2.75) is 183 Å². The van der Waals surface area contributed by atoms with Gasteiger partial charge in [0.1, 0.15) is 18.0 Å². The van der Waals surface area contributed by atoms with Crippen LogP contribution in [0.2, 0.25) is 0 Å². The van der Waals surface area contributed by atoms with Gasteiger partial charge in [0, 0.05) is 37.5 Å². The molecule has 0 amide bonds. The van der Waals surface area contributed by atoms with Crippen molar-refractivity contribution in [3.63, 3.8) is 0 Å². The Kier molecular flexibility index (Phi) is 23.8. The van der Waals surface area contributed by atoms with Crippen molar-refractivity contribution in [2.24, 2.45) is 23.5 Å². The number of hydrogen-bond donors (Lipinski definition) is 11. The van der Waals surface area contributed by atoms with Crippen molar-refractivity contribution in [2.75, 3.05) is 0 Å². The number of allylic oxidation sites excluding steroid dienone is 12. The molecule has 2 saturated heterocycles. The number of aliphatic hydroxyl groups excluding tert-OH is 9. The van der Waals surface area contributed by atoms with E-state index in [-0.39, 0.29) is 31.6 Å². The molecule has 0 spiro atoms. The van der Waals surface area contributed by atoms with Crippen molar-refractivity contribution >= 4 is 11.8 Å². The van der Waals surface area contributed by atoms with Gasteiger partial charge in [-0.3, -0.25) is 9.59 Å². The molecule has 0 aliphatic carbocycles. The lowest BCUT2D eigenvalue weighted by Crippen LogP contribution is -2.61. The summed E-state index contributed by atoms with van der Waals surface area (Å²) in [5.74, 6) is -5.24. The number of nitrogens with two attached hydrogens (primary N) is 1. The van der Waals surface area contributed by atoms with E-state index < -0.39 is 147 Å². The predicted molar refractivity (Wildman–Crippen MR) is 240 cm³/mol. The quantitative estimate of drug-likeness (QED) is 0.177. The van der Waals surface area contributed by atoms with Crippen LogP contribution in [0.25, 0.3) is 0 Å². The smallest absolute Gasteiger partial charge is 0.308 e. The Morgan fingerprint density at radius 2 is 1.23 bits per heavy atom. The summed E-state index contributed by atoms with van der Waals surface area (Å²) in [6.07, 6.45) is 5.40. The third-order valence-electron chi connectivity index (χ3n) is 12.2. The lowest BCUT2D eigenvalue weighted by molar-refractivity contribution is -0.306. The number of cyclic esters (lactones) is 1. The molecule has 0 aromatic heterocycles. The van der Waals surface area contributed by atoms with Gasteiger partial charge < -0.3 is 75.7 Å². The fourth-order valence-corrected chi connectivity index (χ4v) is 8.18. The maximum absolute atomic E-state index is 12.9. The zero-order chi connectivity index (χ0) is 48.4. The molecular formula is C48H75NO16. The summed E-state index contributed by atoms with van der Waals surface area (Å²) in [6.45, 7) is 8.06. The predicted octanol–water partition coefficient (Wildman–Crippen LogP) is 1.22. The highest BCUT2D eigenvalue weighted by molar-refractivity contribution is 5.79. The first kappa shape index (κ1) is 56.1. The van der Waals surface area contributed by atoms with Crippen LogP contribution < -0.4 is 5.73 Å². The second-order valence-corrected chi connectivity index (χ2v) is 17.8. The van der Waals surface area contributed by atoms with Gasteiger partial charge in [-0.1, -0.05) is 98.9 Å². The lowest BCUT2D eigenvalue weighted by atomic mass is 9.81. The molecule has 12 N–H and O–H groups in total. The van der Waals surface area contributed by atoms with Gasteiger partial charge in [0.15, 0.2) is 12.1 Å². The van der Waals surface area contributed by atoms with Gasteiger partial charge in [-0.2, -0.15) is 0 Å². The van der Waals surface area contributed by atoms with E-state index in [0.717, 1.165) is 0 Å². The monoisotopic (exact) mass is 922 g/mol. The zero-order valence-corrected chi connectivity index (χ0v) is 38.1. The van der Waals surface area contributed by atoms with Crippen LogP contribution in [0.3, 0.4) is 0 Å². The molecule has 0 radical (unpaired) electrons. The molecule has 368 valence electrons. The van der Waals surface area contributed by atoms with Crippen LogP contribution in [-0.2, 0) is 28.5 Å². The van der Waals surface area contributed by atoms with E-state index in [2.05, 4.69) is 0 Å². The summed E-state index contributed by atoms with van der Waals surface area (Å²) in [6, 6.07) is -1.11. The number of esters is 1. The Balaban J connectivity index is 1.86. The summed E-state index contributed by atoms with van der Waals surface area (Å²) < 4.78 is 23.4. The maximum Gasteiger partial charge on any atom is 0.308 e. The number of fused-ring (bicyclic) bond motifs is 2. The topological polar surface area (TPSA) is 299 Å². The number of carbonyl (C=O) groups is 2. The van der Waals surface area contributed by atoms with E-state index in [0.29, 0.717) is 0 Å².